The van der Waals surface area contributed by atoms with E-state index in [0.717, 1.165) is 5.56 Å². The molecule has 0 unspecified atom stereocenters. The van der Waals surface area contributed by atoms with Crippen molar-refractivity contribution in [3.63, 3.8) is 0 Å². The zero-order valence-electron chi connectivity index (χ0n) is 15.8. The lowest BCUT2D eigenvalue weighted by Crippen LogP contribution is -3.00. The molecule has 6 nitrogen and oxygen atoms in total. The first-order chi connectivity index (χ1) is 12.3. The largest absolute Gasteiger partial charge is 1.00 e. The number of benzene rings is 1. The van der Waals surface area contributed by atoms with Crippen LogP contribution in [0.25, 0.3) is 0 Å². The molecule has 0 saturated carbocycles. The molecule has 1 N–H and O–H groups in total. The van der Waals surface area contributed by atoms with E-state index < -0.39 is 23.7 Å². The fourth-order valence-corrected chi connectivity index (χ4v) is 3.09. The van der Waals surface area contributed by atoms with Crippen molar-refractivity contribution < 1.29 is 36.0 Å². The van der Waals surface area contributed by atoms with E-state index in [2.05, 4.69) is 10.3 Å². The smallest absolute Gasteiger partial charge is 0.408 e. The quantitative estimate of drug-likeness (QED) is 0.660. The van der Waals surface area contributed by atoms with Gasteiger partial charge in [0.1, 0.15) is 10.6 Å². The van der Waals surface area contributed by atoms with E-state index in [1.54, 1.807) is 33.1 Å². The molecule has 1 heterocycles. The van der Waals surface area contributed by atoms with Crippen LogP contribution in [0.4, 0.5) is 4.79 Å². The van der Waals surface area contributed by atoms with Crippen molar-refractivity contribution >= 4 is 23.4 Å². The number of alkyl carbamates (subject to hydrolysis) is 1. The molecule has 1 atom stereocenters. The summed E-state index contributed by atoms with van der Waals surface area (Å²) in [4.78, 5) is 28.4. The molecule has 148 valence electrons. The van der Waals surface area contributed by atoms with Crippen molar-refractivity contribution in [2.24, 2.45) is 0 Å². The number of rotatable bonds is 6. The fraction of sp³-hybridized carbons (Fsp3) is 0.421. The van der Waals surface area contributed by atoms with Gasteiger partial charge in [-0.15, -0.1) is 11.3 Å². The summed E-state index contributed by atoms with van der Waals surface area (Å²) >= 11 is 1.31. The summed E-state index contributed by atoms with van der Waals surface area (Å²) in [5.41, 5.74) is 0.692. The van der Waals surface area contributed by atoms with Crippen LogP contribution in [0.1, 0.15) is 54.8 Å². The molecule has 1 aromatic carbocycles. The molecule has 8 heteroatoms. The molecule has 0 aliphatic rings. The Bertz CT molecular complexity index is 744. The number of carbonyl (C=O) groups is 2. The van der Waals surface area contributed by atoms with Crippen LogP contribution in [0.5, 0.6) is 0 Å². The van der Waals surface area contributed by atoms with Crippen LogP contribution in [0.2, 0.25) is 0 Å². The van der Waals surface area contributed by atoms with Crippen LogP contribution in [0, 0.1) is 0 Å². The van der Waals surface area contributed by atoms with E-state index in [4.69, 9.17) is 9.47 Å². The van der Waals surface area contributed by atoms with Crippen molar-refractivity contribution in [2.75, 3.05) is 6.61 Å². The van der Waals surface area contributed by atoms with Crippen LogP contribution >= 0.6 is 11.3 Å². The van der Waals surface area contributed by atoms with E-state index in [0.29, 0.717) is 11.4 Å². The predicted molar refractivity (Wildman–Crippen MR) is 100 cm³/mol. The maximum absolute atomic E-state index is 12.2. The molecular weight excluding hydrogens is 432 g/mol. The first-order valence-electron chi connectivity index (χ1n) is 8.44. The lowest BCUT2D eigenvalue weighted by molar-refractivity contribution is -0.0000462. The molecule has 2 aromatic rings. The molecule has 27 heavy (non-hydrogen) atoms. The zero-order valence-corrected chi connectivity index (χ0v) is 18.2. The summed E-state index contributed by atoms with van der Waals surface area (Å²) in [5.74, 6) is -0.467. The summed E-state index contributed by atoms with van der Waals surface area (Å²) < 4.78 is 10.3. The molecule has 0 radical (unpaired) electrons. The first-order valence-corrected chi connectivity index (χ1v) is 9.32. The molecule has 1 amide bonds. The fourth-order valence-electron chi connectivity index (χ4n) is 2.25. The summed E-state index contributed by atoms with van der Waals surface area (Å²) in [6, 6.07) is 9.35. The van der Waals surface area contributed by atoms with Crippen LogP contribution in [-0.2, 0) is 15.9 Å². The third-order valence-electron chi connectivity index (χ3n) is 3.28. The Morgan fingerprint density at radius 3 is 2.48 bits per heavy atom. The third-order valence-corrected chi connectivity index (χ3v) is 4.24. The Morgan fingerprint density at radius 1 is 1.22 bits per heavy atom. The van der Waals surface area contributed by atoms with Crippen molar-refractivity contribution in [1.82, 2.24) is 10.3 Å². The minimum atomic E-state index is -0.597. The van der Waals surface area contributed by atoms with E-state index in [1.807, 2.05) is 30.3 Å². The average molecular weight is 456 g/mol. The Labute approximate surface area is 174 Å². The summed E-state index contributed by atoms with van der Waals surface area (Å²) in [6.45, 7) is 7.45. The van der Waals surface area contributed by atoms with Gasteiger partial charge in [-0.2, -0.15) is 0 Å². The number of aromatic nitrogens is 1. The van der Waals surface area contributed by atoms with Crippen molar-refractivity contribution in [1.29, 1.82) is 0 Å². The first kappa shape index (κ1) is 23.1. The van der Waals surface area contributed by atoms with Crippen molar-refractivity contribution in [3.8, 4) is 0 Å². The number of hydrogen-bond acceptors (Lipinski definition) is 6. The highest BCUT2D eigenvalue weighted by Gasteiger charge is 2.24. The molecule has 0 spiro atoms. The number of ether oxygens (including phenoxy) is 2. The standard InChI is InChI=1S/C19H24N2O4S.BrH/c1-5-24-17(22)15-12-26-16(20-15)14(11-13-9-7-6-8-10-13)21-18(23)25-19(2,3)4;/h6-10,12,14H,5,11H2,1-4H3,(H,21,23);1H/p-1/t14-;/m1./s1. The minimum absolute atomic E-state index is 0. The number of halogens is 1. The summed E-state index contributed by atoms with van der Waals surface area (Å²) in [5, 5.41) is 5.13. The molecule has 0 aliphatic carbocycles. The zero-order chi connectivity index (χ0) is 19.2. The molecule has 1 aromatic heterocycles. The highest BCUT2D eigenvalue weighted by Crippen LogP contribution is 2.23. The van der Waals surface area contributed by atoms with Crippen LogP contribution in [0.3, 0.4) is 0 Å². The van der Waals surface area contributed by atoms with Crippen LogP contribution in [-0.4, -0.2) is 29.3 Å². The normalized spacial score (nSPS) is 11.9. The van der Waals surface area contributed by atoms with Gasteiger partial charge in [-0.25, -0.2) is 14.6 Å². The van der Waals surface area contributed by atoms with Gasteiger partial charge in [-0.1, -0.05) is 30.3 Å². The second kappa shape index (κ2) is 10.4. The topological polar surface area (TPSA) is 77.5 Å². The number of amides is 1. The lowest BCUT2D eigenvalue weighted by atomic mass is 10.1. The minimum Gasteiger partial charge on any atom is -1.00 e. The van der Waals surface area contributed by atoms with Gasteiger partial charge in [0.2, 0.25) is 0 Å². The van der Waals surface area contributed by atoms with Crippen molar-refractivity contribution in [2.45, 2.75) is 45.8 Å². The molecule has 0 aliphatic heterocycles. The number of carbonyl (C=O) groups excluding carboxylic acids is 2. The predicted octanol–water partition coefficient (Wildman–Crippen LogP) is 1.13. The van der Waals surface area contributed by atoms with Crippen LogP contribution < -0.4 is 22.3 Å². The highest BCUT2D eigenvalue weighted by atomic mass is 79.9. The van der Waals surface area contributed by atoms with E-state index in [-0.39, 0.29) is 29.3 Å². The SMILES string of the molecule is CCOC(=O)c1csc([C@@H](Cc2ccccc2)NC(=O)OC(C)(C)C)n1.[Br-]. The highest BCUT2D eigenvalue weighted by molar-refractivity contribution is 7.09. The Kier molecular flexibility index (Phi) is 8.92. The third kappa shape index (κ3) is 7.68. The second-order valence-electron chi connectivity index (χ2n) is 6.68. The van der Waals surface area contributed by atoms with Gasteiger partial charge >= 0.3 is 12.1 Å². The van der Waals surface area contributed by atoms with Gasteiger partial charge in [0, 0.05) is 5.38 Å². The van der Waals surface area contributed by atoms with Gasteiger partial charge in [-0.3, -0.25) is 0 Å². The van der Waals surface area contributed by atoms with Crippen LogP contribution in [0.15, 0.2) is 35.7 Å². The van der Waals surface area contributed by atoms with Gasteiger partial charge in [0.25, 0.3) is 0 Å². The number of hydrogen-bond donors (Lipinski definition) is 1. The number of thiazole rings is 1. The van der Waals surface area contributed by atoms with E-state index >= 15 is 0 Å². The monoisotopic (exact) mass is 455 g/mol. The Hall–Kier alpha value is -1.93. The maximum Gasteiger partial charge on any atom is 0.408 e. The van der Waals surface area contributed by atoms with E-state index in [1.165, 1.54) is 11.3 Å². The molecule has 0 saturated heterocycles. The molecule has 0 fully saturated rings. The Balaban J connectivity index is 0.00000364. The van der Waals surface area contributed by atoms with Gasteiger partial charge in [0.15, 0.2) is 5.69 Å². The van der Waals surface area contributed by atoms with Gasteiger partial charge < -0.3 is 31.8 Å². The Morgan fingerprint density at radius 2 is 1.89 bits per heavy atom. The maximum atomic E-state index is 12.2. The van der Waals surface area contributed by atoms with Gasteiger partial charge in [-0.05, 0) is 39.7 Å². The summed E-state index contributed by atoms with van der Waals surface area (Å²) in [7, 11) is 0. The average Bonchev–Trinajstić information content (AvgIpc) is 3.04. The van der Waals surface area contributed by atoms with Crippen molar-refractivity contribution in [3.05, 3.63) is 52.0 Å². The molecular formula is C19H24BrN2O4S-. The molecule has 2 rings (SSSR count). The van der Waals surface area contributed by atoms with E-state index in [9.17, 15) is 9.59 Å². The second-order valence-corrected chi connectivity index (χ2v) is 7.57. The lowest BCUT2D eigenvalue weighted by Gasteiger charge is -2.23. The molecule has 0 bridgehead atoms. The van der Waals surface area contributed by atoms with Gasteiger partial charge in [0.05, 0.1) is 12.6 Å². The number of esters is 1. The summed E-state index contributed by atoms with van der Waals surface area (Å²) in [6.07, 6.45) is 0.0156. The number of nitrogens with zero attached hydrogens (tertiary/aromatic N) is 1. The number of nitrogens with one attached hydrogen (secondary N) is 1.